The van der Waals surface area contributed by atoms with Gasteiger partial charge in [-0.2, -0.15) is 5.10 Å². The van der Waals surface area contributed by atoms with Gasteiger partial charge < -0.3 is 19.9 Å². The maximum absolute atomic E-state index is 12.4. The highest BCUT2D eigenvalue weighted by Crippen LogP contribution is 2.45. The molecule has 0 radical (unpaired) electrons. The number of aliphatic carboxylic acids is 1. The number of benzene rings is 1. The van der Waals surface area contributed by atoms with Crippen molar-refractivity contribution in [1.82, 2.24) is 9.78 Å². The van der Waals surface area contributed by atoms with Gasteiger partial charge in [-0.3, -0.25) is 9.59 Å². The number of anilines is 1. The molecular weight excluding hydrogens is 362 g/mol. The average Bonchev–Trinajstić information content (AvgIpc) is 2.93. The van der Waals surface area contributed by atoms with Crippen LogP contribution in [0, 0.1) is 13.8 Å². The summed E-state index contributed by atoms with van der Waals surface area (Å²) < 4.78 is 13.0. The second kappa shape index (κ2) is 7.92. The SMILES string of the molecule is CCOc1ccc([C@H]2CC(=O)Nc3c2c(C)nn3CC(=O)O)c(OCC)c1C. The first-order valence-corrected chi connectivity index (χ1v) is 9.35. The van der Waals surface area contributed by atoms with Gasteiger partial charge in [-0.05, 0) is 33.8 Å². The molecular formula is C20H25N3O5. The van der Waals surface area contributed by atoms with Crippen molar-refractivity contribution in [1.29, 1.82) is 0 Å². The number of hydrogen-bond acceptors (Lipinski definition) is 5. The zero-order chi connectivity index (χ0) is 20.4. The first-order valence-electron chi connectivity index (χ1n) is 9.35. The first-order chi connectivity index (χ1) is 13.4. The third-order valence-electron chi connectivity index (χ3n) is 4.81. The molecule has 8 heteroatoms. The van der Waals surface area contributed by atoms with Gasteiger partial charge in [0.2, 0.25) is 5.91 Å². The Labute approximate surface area is 163 Å². The molecule has 0 aliphatic carbocycles. The number of nitrogens with zero attached hydrogens (tertiary/aromatic N) is 2. The van der Waals surface area contributed by atoms with E-state index in [-0.39, 0.29) is 24.8 Å². The Balaban J connectivity index is 2.15. The Morgan fingerprint density at radius 2 is 2.00 bits per heavy atom. The van der Waals surface area contributed by atoms with Crippen LogP contribution in [0.2, 0.25) is 0 Å². The Hall–Kier alpha value is -3.03. The summed E-state index contributed by atoms with van der Waals surface area (Å²) in [6.45, 7) is 8.30. The van der Waals surface area contributed by atoms with Gasteiger partial charge in [0, 0.05) is 29.0 Å². The van der Waals surface area contributed by atoms with E-state index in [1.807, 2.05) is 39.8 Å². The molecule has 1 aliphatic rings. The molecule has 8 nitrogen and oxygen atoms in total. The van der Waals surface area contributed by atoms with Gasteiger partial charge in [0.15, 0.2) is 0 Å². The molecule has 0 unspecified atom stereocenters. The van der Waals surface area contributed by atoms with Crippen molar-refractivity contribution in [2.24, 2.45) is 0 Å². The van der Waals surface area contributed by atoms with Gasteiger partial charge in [0.25, 0.3) is 0 Å². The molecule has 3 rings (SSSR count). The number of amides is 1. The summed E-state index contributed by atoms with van der Waals surface area (Å²) in [5.41, 5.74) is 3.27. The molecule has 28 heavy (non-hydrogen) atoms. The number of ether oxygens (including phenoxy) is 2. The fourth-order valence-corrected chi connectivity index (χ4v) is 3.74. The van der Waals surface area contributed by atoms with Crippen LogP contribution >= 0.6 is 0 Å². The summed E-state index contributed by atoms with van der Waals surface area (Å²) in [4.78, 5) is 23.6. The van der Waals surface area contributed by atoms with Crippen molar-refractivity contribution in [2.45, 2.75) is 46.6 Å². The van der Waals surface area contributed by atoms with E-state index < -0.39 is 5.97 Å². The second-order valence-corrected chi connectivity index (χ2v) is 6.68. The number of carbonyl (C=O) groups excluding carboxylic acids is 1. The van der Waals surface area contributed by atoms with E-state index in [9.17, 15) is 9.59 Å². The van der Waals surface area contributed by atoms with Crippen LogP contribution in [0.25, 0.3) is 0 Å². The van der Waals surface area contributed by atoms with Crippen LogP contribution in [-0.4, -0.2) is 40.0 Å². The number of carbonyl (C=O) groups is 2. The summed E-state index contributed by atoms with van der Waals surface area (Å²) >= 11 is 0. The quantitative estimate of drug-likeness (QED) is 0.757. The van der Waals surface area contributed by atoms with Crippen molar-refractivity contribution in [3.8, 4) is 11.5 Å². The van der Waals surface area contributed by atoms with Crippen LogP contribution in [-0.2, 0) is 16.1 Å². The van der Waals surface area contributed by atoms with Crippen LogP contribution in [0.4, 0.5) is 5.82 Å². The fraction of sp³-hybridized carbons (Fsp3) is 0.450. The molecule has 1 aliphatic heterocycles. The minimum atomic E-state index is -1.02. The van der Waals surface area contributed by atoms with Crippen LogP contribution < -0.4 is 14.8 Å². The summed E-state index contributed by atoms with van der Waals surface area (Å²) in [5, 5.41) is 16.3. The molecule has 0 spiro atoms. The minimum Gasteiger partial charge on any atom is -0.493 e. The lowest BCUT2D eigenvalue weighted by molar-refractivity contribution is -0.137. The number of carboxylic acids is 1. The molecule has 150 valence electrons. The van der Waals surface area contributed by atoms with E-state index in [0.29, 0.717) is 30.5 Å². The van der Waals surface area contributed by atoms with Crippen molar-refractivity contribution in [3.05, 3.63) is 34.5 Å². The molecule has 1 atom stereocenters. The van der Waals surface area contributed by atoms with Crippen LogP contribution in [0.1, 0.15) is 48.6 Å². The number of aromatic nitrogens is 2. The summed E-state index contributed by atoms with van der Waals surface area (Å²) in [7, 11) is 0. The highest BCUT2D eigenvalue weighted by Gasteiger charge is 2.34. The van der Waals surface area contributed by atoms with E-state index in [1.165, 1.54) is 4.68 Å². The smallest absolute Gasteiger partial charge is 0.325 e. The van der Waals surface area contributed by atoms with Crippen LogP contribution in [0.5, 0.6) is 11.5 Å². The number of aryl methyl sites for hydroxylation is 1. The van der Waals surface area contributed by atoms with Gasteiger partial charge in [0.1, 0.15) is 23.9 Å². The lowest BCUT2D eigenvalue weighted by Crippen LogP contribution is -2.26. The van der Waals surface area contributed by atoms with E-state index in [0.717, 1.165) is 22.4 Å². The second-order valence-electron chi connectivity index (χ2n) is 6.68. The van der Waals surface area contributed by atoms with Gasteiger partial charge >= 0.3 is 5.97 Å². The van der Waals surface area contributed by atoms with Gasteiger partial charge in [-0.25, -0.2) is 4.68 Å². The van der Waals surface area contributed by atoms with E-state index >= 15 is 0 Å². The van der Waals surface area contributed by atoms with Gasteiger partial charge in [0.05, 0.1) is 18.9 Å². The van der Waals surface area contributed by atoms with Crippen molar-refractivity contribution in [2.75, 3.05) is 18.5 Å². The zero-order valence-electron chi connectivity index (χ0n) is 16.5. The molecule has 2 heterocycles. The minimum absolute atomic E-state index is 0.182. The van der Waals surface area contributed by atoms with Crippen LogP contribution in [0.3, 0.4) is 0 Å². The molecule has 2 aromatic rings. The maximum Gasteiger partial charge on any atom is 0.325 e. The highest BCUT2D eigenvalue weighted by molar-refractivity contribution is 5.95. The number of fused-ring (bicyclic) bond motifs is 1. The predicted octanol–water partition coefficient (Wildman–Crippen LogP) is 2.86. The van der Waals surface area contributed by atoms with Gasteiger partial charge in [-0.15, -0.1) is 0 Å². The van der Waals surface area contributed by atoms with E-state index in [2.05, 4.69) is 10.4 Å². The van der Waals surface area contributed by atoms with E-state index in [4.69, 9.17) is 14.6 Å². The third-order valence-corrected chi connectivity index (χ3v) is 4.81. The monoisotopic (exact) mass is 387 g/mol. The molecule has 0 saturated heterocycles. The normalized spacial score (nSPS) is 15.7. The molecule has 0 bridgehead atoms. The first kappa shape index (κ1) is 19.7. The van der Waals surface area contributed by atoms with Crippen molar-refractivity contribution in [3.63, 3.8) is 0 Å². The highest BCUT2D eigenvalue weighted by atomic mass is 16.5. The topological polar surface area (TPSA) is 103 Å². The fourth-order valence-electron chi connectivity index (χ4n) is 3.74. The maximum atomic E-state index is 12.4. The molecule has 0 saturated carbocycles. The molecule has 2 N–H and O–H groups in total. The Kier molecular flexibility index (Phi) is 5.58. The number of hydrogen-bond donors (Lipinski definition) is 2. The number of carboxylic acid groups (broad SMARTS) is 1. The summed E-state index contributed by atoms with van der Waals surface area (Å²) in [6, 6.07) is 3.81. The van der Waals surface area contributed by atoms with Crippen molar-refractivity contribution < 1.29 is 24.2 Å². The summed E-state index contributed by atoms with van der Waals surface area (Å²) in [5.74, 6) is 0.405. The number of nitrogens with one attached hydrogen (secondary N) is 1. The van der Waals surface area contributed by atoms with Gasteiger partial charge in [-0.1, -0.05) is 6.07 Å². The lowest BCUT2D eigenvalue weighted by Gasteiger charge is -2.27. The molecule has 0 fully saturated rings. The Morgan fingerprint density at radius 3 is 2.64 bits per heavy atom. The zero-order valence-corrected chi connectivity index (χ0v) is 16.5. The predicted molar refractivity (Wildman–Crippen MR) is 103 cm³/mol. The standard InChI is InChI=1S/C20H25N3O5/c1-5-27-15-8-7-13(19(11(15)3)28-6-2)14-9-16(24)21-20-18(14)12(4)22-23(20)10-17(25)26/h7-8,14H,5-6,9-10H2,1-4H3,(H,21,24)(H,25,26)/t14-/m1/s1. The number of rotatable bonds is 7. The summed E-state index contributed by atoms with van der Waals surface area (Å²) in [6.07, 6.45) is 0.236. The third kappa shape index (κ3) is 3.54. The van der Waals surface area contributed by atoms with E-state index in [1.54, 1.807) is 0 Å². The van der Waals surface area contributed by atoms with Crippen LogP contribution in [0.15, 0.2) is 12.1 Å². The van der Waals surface area contributed by atoms with Crippen molar-refractivity contribution >= 4 is 17.7 Å². The molecule has 1 amide bonds. The average molecular weight is 387 g/mol. The lowest BCUT2D eigenvalue weighted by atomic mass is 9.84. The largest absolute Gasteiger partial charge is 0.493 e. The Bertz CT molecular complexity index is 919. The molecule has 1 aromatic carbocycles. The Morgan fingerprint density at radius 1 is 1.29 bits per heavy atom. The molecule has 1 aromatic heterocycles.